The van der Waals surface area contributed by atoms with Crippen LogP contribution in [0.2, 0.25) is 0 Å². The van der Waals surface area contributed by atoms with E-state index in [4.69, 9.17) is 0 Å². The minimum Gasteiger partial charge on any atom is -0.338 e. The summed E-state index contributed by atoms with van der Waals surface area (Å²) in [7, 11) is 3.58. The lowest BCUT2D eigenvalue weighted by atomic mass is 9.72. The molecule has 0 radical (unpaired) electrons. The van der Waals surface area contributed by atoms with Crippen LogP contribution < -0.4 is 0 Å². The highest BCUT2D eigenvalue weighted by atomic mass is 16.2. The van der Waals surface area contributed by atoms with Crippen LogP contribution in [0.15, 0.2) is 0 Å². The minimum absolute atomic E-state index is 0.108. The van der Waals surface area contributed by atoms with Crippen molar-refractivity contribution in [3.8, 4) is 0 Å². The predicted octanol–water partition coefficient (Wildman–Crippen LogP) is 1.93. The highest BCUT2D eigenvalue weighted by Gasteiger charge is 2.30. The fourth-order valence-electron chi connectivity index (χ4n) is 3.73. The van der Waals surface area contributed by atoms with Gasteiger partial charge < -0.3 is 14.4 Å². The SMILES string of the molecule is CN(Cc1nnc2n1CCN(C)C2=O)C(=O)CC1CCC(C)(C)CC1. The Balaban J connectivity index is 1.58. The van der Waals surface area contributed by atoms with Gasteiger partial charge in [-0.05, 0) is 37.0 Å². The number of carbonyl (C=O) groups excluding carboxylic acids is 2. The van der Waals surface area contributed by atoms with Crippen LogP contribution >= 0.6 is 0 Å². The topological polar surface area (TPSA) is 71.3 Å². The molecule has 1 aliphatic heterocycles. The molecule has 0 spiro atoms. The Hall–Kier alpha value is -1.92. The highest BCUT2D eigenvalue weighted by Crippen LogP contribution is 2.39. The maximum Gasteiger partial charge on any atom is 0.291 e. The van der Waals surface area contributed by atoms with E-state index in [-0.39, 0.29) is 11.8 Å². The number of aromatic nitrogens is 3. The van der Waals surface area contributed by atoms with Gasteiger partial charge in [0, 0.05) is 33.6 Å². The summed E-state index contributed by atoms with van der Waals surface area (Å²) in [6.45, 7) is 6.35. The van der Waals surface area contributed by atoms with E-state index in [9.17, 15) is 9.59 Å². The molecular formula is C18H29N5O2. The van der Waals surface area contributed by atoms with Crippen molar-refractivity contribution in [2.75, 3.05) is 20.6 Å². The molecule has 2 amide bonds. The Morgan fingerprint density at radius 3 is 2.60 bits per heavy atom. The van der Waals surface area contributed by atoms with Crippen LogP contribution in [0.5, 0.6) is 0 Å². The van der Waals surface area contributed by atoms with Crippen molar-refractivity contribution in [1.29, 1.82) is 0 Å². The zero-order chi connectivity index (χ0) is 18.2. The van der Waals surface area contributed by atoms with Crippen LogP contribution in [0.3, 0.4) is 0 Å². The lowest BCUT2D eigenvalue weighted by Gasteiger charge is -2.34. The molecule has 0 saturated heterocycles. The summed E-state index contributed by atoms with van der Waals surface area (Å²) in [6, 6.07) is 0. The summed E-state index contributed by atoms with van der Waals surface area (Å²) >= 11 is 0. The van der Waals surface area contributed by atoms with Crippen LogP contribution in [0.4, 0.5) is 0 Å². The van der Waals surface area contributed by atoms with E-state index < -0.39 is 0 Å². The van der Waals surface area contributed by atoms with Crippen LogP contribution in [0.25, 0.3) is 0 Å². The molecule has 138 valence electrons. The Kier molecular flexibility index (Phi) is 4.84. The Bertz CT molecular complexity index is 656. The number of carbonyl (C=O) groups is 2. The lowest BCUT2D eigenvalue weighted by molar-refractivity contribution is -0.132. The van der Waals surface area contributed by atoms with Gasteiger partial charge in [0.25, 0.3) is 5.91 Å². The zero-order valence-electron chi connectivity index (χ0n) is 15.8. The second-order valence-corrected chi connectivity index (χ2v) is 8.38. The molecule has 2 heterocycles. The molecule has 1 aromatic heterocycles. The Morgan fingerprint density at radius 1 is 1.24 bits per heavy atom. The zero-order valence-corrected chi connectivity index (χ0v) is 15.8. The van der Waals surface area contributed by atoms with Crippen LogP contribution in [0, 0.1) is 11.3 Å². The van der Waals surface area contributed by atoms with Crippen LogP contribution in [0.1, 0.15) is 62.4 Å². The van der Waals surface area contributed by atoms with Crippen molar-refractivity contribution in [1.82, 2.24) is 24.6 Å². The predicted molar refractivity (Wildman–Crippen MR) is 93.8 cm³/mol. The molecule has 25 heavy (non-hydrogen) atoms. The van der Waals surface area contributed by atoms with Crippen LogP contribution in [-0.4, -0.2) is 57.0 Å². The molecule has 7 nitrogen and oxygen atoms in total. The van der Waals surface area contributed by atoms with E-state index in [1.165, 1.54) is 12.8 Å². The summed E-state index contributed by atoms with van der Waals surface area (Å²) < 4.78 is 1.84. The first-order valence-electron chi connectivity index (χ1n) is 9.18. The minimum atomic E-state index is -0.108. The second-order valence-electron chi connectivity index (χ2n) is 8.38. The molecule has 0 unspecified atom stereocenters. The molecule has 3 rings (SSSR count). The summed E-state index contributed by atoms with van der Waals surface area (Å²) in [5.41, 5.74) is 0.422. The van der Waals surface area contributed by atoms with Gasteiger partial charge in [-0.15, -0.1) is 10.2 Å². The lowest BCUT2D eigenvalue weighted by Crippen LogP contribution is -2.38. The molecule has 1 fully saturated rings. The van der Waals surface area contributed by atoms with E-state index in [1.807, 2.05) is 11.6 Å². The van der Waals surface area contributed by atoms with E-state index in [0.717, 1.165) is 12.8 Å². The summed E-state index contributed by atoms with van der Waals surface area (Å²) in [5.74, 6) is 1.60. The molecule has 0 N–H and O–H groups in total. The molecular weight excluding hydrogens is 318 g/mol. The average Bonchev–Trinajstić information content (AvgIpc) is 2.96. The standard InChI is InChI=1S/C18H29N5O2/c1-18(2)7-5-13(6-8-18)11-15(24)22(4)12-14-19-20-16-17(25)21(3)9-10-23(14)16/h13H,5-12H2,1-4H3. The van der Waals surface area contributed by atoms with Gasteiger partial charge in [-0.25, -0.2) is 0 Å². The number of hydrogen-bond acceptors (Lipinski definition) is 4. The second kappa shape index (κ2) is 6.77. The summed E-state index contributed by atoms with van der Waals surface area (Å²) in [4.78, 5) is 28.0. The maximum atomic E-state index is 12.6. The number of likely N-dealkylation sites (N-methyl/N-ethyl adjacent to an activating group) is 1. The molecule has 2 aliphatic rings. The van der Waals surface area contributed by atoms with E-state index >= 15 is 0 Å². The summed E-state index contributed by atoms with van der Waals surface area (Å²) in [6.07, 6.45) is 5.26. The molecule has 0 bridgehead atoms. The maximum absolute atomic E-state index is 12.6. The Labute approximate surface area is 149 Å². The summed E-state index contributed by atoms with van der Waals surface area (Å²) in [5, 5.41) is 8.16. The van der Waals surface area contributed by atoms with Gasteiger partial charge in [0.05, 0.1) is 6.54 Å². The first-order valence-corrected chi connectivity index (χ1v) is 9.18. The van der Waals surface area contributed by atoms with Gasteiger partial charge in [0.1, 0.15) is 0 Å². The molecule has 1 aromatic rings. The fraction of sp³-hybridized carbons (Fsp3) is 0.778. The third-order valence-corrected chi connectivity index (χ3v) is 5.75. The van der Waals surface area contributed by atoms with Gasteiger partial charge in [0.15, 0.2) is 5.82 Å². The Morgan fingerprint density at radius 2 is 1.92 bits per heavy atom. The van der Waals surface area contributed by atoms with Crippen molar-refractivity contribution >= 4 is 11.8 Å². The smallest absolute Gasteiger partial charge is 0.291 e. The third kappa shape index (κ3) is 3.85. The van der Waals surface area contributed by atoms with E-state index in [1.54, 1.807) is 16.8 Å². The molecule has 1 aliphatic carbocycles. The number of fused-ring (bicyclic) bond motifs is 1. The normalized spacial score (nSPS) is 20.5. The first kappa shape index (κ1) is 17.9. The molecule has 0 aromatic carbocycles. The fourth-order valence-corrected chi connectivity index (χ4v) is 3.73. The number of amides is 2. The quantitative estimate of drug-likeness (QED) is 0.834. The van der Waals surface area contributed by atoms with Crippen molar-refractivity contribution in [3.63, 3.8) is 0 Å². The molecule has 1 saturated carbocycles. The van der Waals surface area contributed by atoms with Crippen LogP contribution in [-0.2, 0) is 17.9 Å². The largest absolute Gasteiger partial charge is 0.338 e. The van der Waals surface area contributed by atoms with Gasteiger partial charge in [-0.1, -0.05) is 13.8 Å². The number of rotatable bonds is 4. The molecule has 0 atom stereocenters. The number of hydrogen-bond donors (Lipinski definition) is 0. The van der Waals surface area contributed by atoms with Crippen molar-refractivity contribution in [2.45, 2.75) is 59.0 Å². The van der Waals surface area contributed by atoms with Crippen molar-refractivity contribution < 1.29 is 9.59 Å². The monoisotopic (exact) mass is 347 g/mol. The highest BCUT2D eigenvalue weighted by molar-refractivity contribution is 5.91. The average molecular weight is 347 g/mol. The van der Waals surface area contributed by atoms with Gasteiger partial charge >= 0.3 is 0 Å². The molecule has 7 heteroatoms. The van der Waals surface area contributed by atoms with Gasteiger partial charge in [-0.2, -0.15) is 0 Å². The third-order valence-electron chi connectivity index (χ3n) is 5.75. The van der Waals surface area contributed by atoms with Gasteiger partial charge in [-0.3, -0.25) is 9.59 Å². The van der Waals surface area contributed by atoms with E-state index in [2.05, 4.69) is 24.0 Å². The van der Waals surface area contributed by atoms with Gasteiger partial charge in [0.2, 0.25) is 11.7 Å². The van der Waals surface area contributed by atoms with Crippen molar-refractivity contribution in [3.05, 3.63) is 11.6 Å². The number of nitrogens with zero attached hydrogens (tertiary/aromatic N) is 5. The first-order chi connectivity index (χ1) is 11.8. The van der Waals surface area contributed by atoms with Crippen molar-refractivity contribution in [2.24, 2.45) is 11.3 Å². The van der Waals surface area contributed by atoms with E-state index in [0.29, 0.717) is 49.0 Å².